The number of para-hydroxylation sites is 2. The highest BCUT2D eigenvalue weighted by atomic mass is 16.2. The van der Waals surface area contributed by atoms with Gasteiger partial charge in [0.1, 0.15) is 11.7 Å². The third kappa shape index (κ3) is 5.07. The molecule has 0 saturated heterocycles. The summed E-state index contributed by atoms with van der Waals surface area (Å²) in [7, 11) is 0. The highest BCUT2D eigenvalue weighted by Gasteiger charge is 2.29. The van der Waals surface area contributed by atoms with Gasteiger partial charge in [-0.1, -0.05) is 97.1 Å². The minimum absolute atomic E-state index is 0.252. The summed E-state index contributed by atoms with van der Waals surface area (Å²) < 4.78 is 1.59. The predicted octanol–water partition coefficient (Wildman–Crippen LogP) is 6.23. The minimum atomic E-state index is -0.882. The molecule has 1 amide bonds. The number of aromatic nitrogens is 2. The average Bonchev–Trinajstić information content (AvgIpc) is 2.90. The third-order valence-corrected chi connectivity index (χ3v) is 6.18. The summed E-state index contributed by atoms with van der Waals surface area (Å²) in [6, 6.07) is 33.9. The lowest BCUT2D eigenvalue weighted by atomic mass is 9.98. The molecule has 37 heavy (non-hydrogen) atoms. The molecule has 1 unspecified atom stereocenters. The van der Waals surface area contributed by atoms with Crippen LogP contribution >= 0.6 is 0 Å². The Morgan fingerprint density at radius 3 is 1.89 bits per heavy atom. The molecule has 1 heterocycles. The average molecular weight is 488 g/mol. The van der Waals surface area contributed by atoms with Crippen molar-refractivity contribution in [3.05, 3.63) is 125 Å². The second kappa shape index (κ2) is 9.86. The van der Waals surface area contributed by atoms with Crippen LogP contribution in [0.3, 0.4) is 0 Å². The van der Waals surface area contributed by atoms with Gasteiger partial charge in [0.15, 0.2) is 0 Å². The molecule has 5 nitrogen and oxygen atoms in total. The van der Waals surface area contributed by atoms with E-state index in [1.165, 1.54) is 0 Å². The molecule has 0 aliphatic heterocycles. The van der Waals surface area contributed by atoms with Crippen molar-refractivity contribution in [3.8, 4) is 22.4 Å². The van der Waals surface area contributed by atoms with E-state index in [1.54, 1.807) is 4.57 Å². The molecule has 184 valence electrons. The zero-order valence-electron chi connectivity index (χ0n) is 21.2. The quantitative estimate of drug-likeness (QED) is 0.319. The zero-order chi connectivity index (χ0) is 26.0. The molecule has 0 bridgehead atoms. The molecule has 5 heteroatoms. The number of amides is 1. The van der Waals surface area contributed by atoms with E-state index >= 15 is 0 Å². The number of carbonyl (C=O) groups excluding carboxylic acids is 1. The highest BCUT2D eigenvalue weighted by Crippen LogP contribution is 2.27. The second-order valence-electron chi connectivity index (χ2n) is 10.1. The van der Waals surface area contributed by atoms with E-state index < -0.39 is 11.6 Å². The fraction of sp³-hybridized carbons (Fsp3) is 0.156. The molecule has 0 saturated carbocycles. The first-order valence-electron chi connectivity index (χ1n) is 12.4. The van der Waals surface area contributed by atoms with Gasteiger partial charge < -0.3 is 5.32 Å². The number of hydrogen-bond donors (Lipinski definition) is 1. The van der Waals surface area contributed by atoms with Gasteiger partial charge in [-0.25, -0.2) is 4.98 Å². The molecular weight excluding hydrogens is 458 g/mol. The van der Waals surface area contributed by atoms with E-state index in [2.05, 4.69) is 5.32 Å². The molecule has 0 aliphatic rings. The van der Waals surface area contributed by atoms with Gasteiger partial charge in [-0.2, -0.15) is 0 Å². The lowest BCUT2D eigenvalue weighted by molar-refractivity contribution is -0.124. The van der Waals surface area contributed by atoms with Gasteiger partial charge >= 0.3 is 0 Å². The molecular formula is C32H29N3O2. The molecule has 0 fully saturated rings. The summed E-state index contributed by atoms with van der Waals surface area (Å²) in [4.78, 5) is 32.6. The molecule has 1 aromatic heterocycles. The van der Waals surface area contributed by atoms with Crippen LogP contribution in [0, 0.1) is 0 Å². The smallest absolute Gasteiger partial charge is 0.278 e. The SMILES string of the molecule is CC(C)(C)NC(=O)C(c1ccc(-c2ccccc2)cc1)n1c(=O)c(-c2ccccc2)nc2ccccc21. The lowest BCUT2D eigenvalue weighted by Gasteiger charge is -2.27. The first-order chi connectivity index (χ1) is 17.8. The Morgan fingerprint density at radius 1 is 0.730 bits per heavy atom. The van der Waals surface area contributed by atoms with Crippen LogP contribution < -0.4 is 10.9 Å². The summed E-state index contributed by atoms with van der Waals surface area (Å²) in [5.74, 6) is -0.252. The summed E-state index contributed by atoms with van der Waals surface area (Å²) in [5, 5.41) is 3.09. The van der Waals surface area contributed by atoms with E-state index in [0.29, 0.717) is 22.3 Å². The predicted molar refractivity (Wildman–Crippen MR) is 149 cm³/mol. The molecule has 5 aromatic rings. The Labute approximate surface area is 216 Å². The summed E-state index contributed by atoms with van der Waals surface area (Å²) in [6.45, 7) is 5.80. The molecule has 1 atom stereocenters. The van der Waals surface area contributed by atoms with Gasteiger partial charge in [-0.15, -0.1) is 0 Å². The van der Waals surface area contributed by atoms with Gasteiger partial charge in [0.2, 0.25) is 5.91 Å². The van der Waals surface area contributed by atoms with E-state index in [4.69, 9.17) is 4.98 Å². The fourth-order valence-electron chi connectivity index (χ4n) is 4.54. The van der Waals surface area contributed by atoms with Crippen molar-refractivity contribution in [2.24, 2.45) is 0 Å². The summed E-state index contributed by atoms with van der Waals surface area (Å²) in [6.07, 6.45) is 0. The van der Waals surface area contributed by atoms with Crippen LogP contribution in [-0.2, 0) is 4.79 Å². The fourth-order valence-corrected chi connectivity index (χ4v) is 4.54. The van der Waals surface area contributed by atoms with E-state index in [1.807, 2.05) is 130 Å². The van der Waals surface area contributed by atoms with Crippen LogP contribution in [0.25, 0.3) is 33.4 Å². The standard InChI is InChI=1S/C32H29N3O2/c1-32(2,3)34-30(36)29(25-20-18-23(19-21-25)22-12-6-4-7-13-22)35-27-17-11-10-16-26(27)33-28(31(35)37)24-14-8-5-9-15-24/h4-21,29H,1-3H3,(H,34,36). The maximum absolute atomic E-state index is 14.1. The Bertz CT molecular complexity index is 1600. The Balaban J connectivity index is 1.74. The number of nitrogens with zero attached hydrogens (tertiary/aromatic N) is 2. The molecule has 5 rings (SSSR count). The Hall–Kier alpha value is -4.51. The molecule has 4 aromatic carbocycles. The van der Waals surface area contributed by atoms with Crippen LogP contribution in [0.2, 0.25) is 0 Å². The van der Waals surface area contributed by atoms with Crippen LogP contribution in [0.4, 0.5) is 0 Å². The Kier molecular flexibility index (Phi) is 6.45. The van der Waals surface area contributed by atoms with E-state index in [9.17, 15) is 9.59 Å². The van der Waals surface area contributed by atoms with Crippen LogP contribution in [0.5, 0.6) is 0 Å². The number of benzene rings is 4. The van der Waals surface area contributed by atoms with Crippen molar-refractivity contribution in [1.29, 1.82) is 0 Å². The summed E-state index contributed by atoms with van der Waals surface area (Å²) in [5.41, 5.74) is 4.33. The van der Waals surface area contributed by atoms with Gasteiger partial charge in [-0.3, -0.25) is 14.2 Å². The first kappa shape index (κ1) is 24.2. The van der Waals surface area contributed by atoms with Gasteiger partial charge in [0, 0.05) is 11.1 Å². The number of nitrogens with one attached hydrogen (secondary N) is 1. The van der Waals surface area contributed by atoms with Gasteiger partial charge in [-0.05, 0) is 49.6 Å². The lowest BCUT2D eigenvalue weighted by Crippen LogP contribution is -2.46. The number of rotatable bonds is 5. The maximum atomic E-state index is 14.1. The van der Waals surface area contributed by atoms with E-state index in [0.717, 1.165) is 16.7 Å². The minimum Gasteiger partial charge on any atom is -0.349 e. The topological polar surface area (TPSA) is 64.0 Å². The van der Waals surface area contributed by atoms with Gasteiger partial charge in [0.25, 0.3) is 5.56 Å². The normalized spacial score (nSPS) is 12.3. The van der Waals surface area contributed by atoms with Crippen molar-refractivity contribution in [2.75, 3.05) is 0 Å². The first-order valence-corrected chi connectivity index (χ1v) is 12.4. The number of carbonyl (C=O) groups is 1. The molecule has 1 N–H and O–H groups in total. The second-order valence-corrected chi connectivity index (χ2v) is 10.1. The zero-order valence-corrected chi connectivity index (χ0v) is 21.2. The monoisotopic (exact) mass is 487 g/mol. The van der Waals surface area contributed by atoms with Crippen molar-refractivity contribution in [1.82, 2.24) is 14.9 Å². The third-order valence-electron chi connectivity index (χ3n) is 6.18. The van der Waals surface area contributed by atoms with Gasteiger partial charge in [0.05, 0.1) is 11.0 Å². The maximum Gasteiger partial charge on any atom is 0.278 e. The van der Waals surface area contributed by atoms with Crippen molar-refractivity contribution >= 4 is 16.9 Å². The van der Waals surface area contributed by atoms with Crippen molar-refractivity contribution in [2.45, 2.75) is 32.4 Å². The summed E-state index contributed by atoms with van der Waals surface area (Å²) >= 11 is 0. The van der Waals surface area contributed by atoms with Crippen LogP contribution in [0.1, 0.15) is 32.4 Å². The highest BCUT2D eigenvalue weighted by molar-refractivity contribution is 5.88. The largest absolute Gasteiger partial charge is 0.349 e. The van der Waals surface area contributed by atoms with Crippen molar-refractivity contribution < 1.29 is 4.79 Å². The number of fused-ring (bicyclic) bond motifs is 1. The van der Waals surface area contributed by atoms with Crippen molar-refractivity contribution in [3.63, 3.8) is 0 Å². The molecule has 0 spiro atoms. The van der Waals surface area contributed by atoms with Crippen LogP contribution in [0.15, 0.2) is 114 Å². The number of hydrogen-bond acceptors (Lipinski definition) is 3. The van der Waals surface area contributed by atoms with Crippen LogP contribution in [-0.4, -0.2) is 21.0 Å². The molecule has 0 radical (unpaired) electrons. The van der Waals surface area contributed by atoms with E-state index in [-0.39, 0.29) is 11.5 Å². The Morgan fingerprint density at radius 2 is 1.27 bits per heavy atom. The molecule has 0 aliphatic carbocycles.